The number of carbonyl (C=O) groups excluding carboxylic acids is 2. The van der Waals surface area contributed by atoms with Crippen LogP contribution in [0.2, 0.25) is 5.02 Å². The molecule has 29 heavy (non-hydrogen) atoms. The Hall–Kier alpha value is -2.57. The number of imide groups is 1. The Balaban J connectivity index is 1.41. The van der Waals surface area contributed by atoms with Gasteiger partial charge in [-0.25, -0.2) is 9.69 Å². The highest BCUT2D eigenvalue weighted by atomic mass is 35.5. The Morgan fingerprint density at radius 2 is 1.72 bits per heavy atom. The van der Waals surface area contributed by atoms with Crippen molar-refractivity contribution in [2.75, 3.05) is 37.7 Å². The highest BCUT2D eigenvalue weighted by Crippen LogP contribution is 2.29. The molecule has 0 spiro atoms. The fourth-order valence-corrected chi connectivity index (χ4v) is 4.21. The van der Waals surface area contributed by atoms with Gasteiger partial charge in [0.25, 0.3) is 5.91 Å². The largest absolute Gasteiger partial charge is 0.369 e. The molecule has 4 rings (SSSR count). The van der Waals surface area contributed by atoms with Gasteiger partial charge in [-0.2, -0.15) is 0 Å². The van der Waals surface area contributed by atoms with E-state index < -0.39 is 5.54 Å². The molecule has 0 aromatic heterocycles. The number of anilines is 1. The van der Waals surface area contributed by atoms with Crippen molar-refractivity contribution in [3.8, 4) is 0 Å². The summed E-state index contributed by atoms with van der Waals surface area (Å²) < 4.78 is 0. The van der Waals surface area contributed by atoms with E-state index in [0.717, 1.165) is 42.5 Å². The molecule has 0 unspecified atom stereocenters. The molecule has 2 aliphatic heterocycles. The first-order chi connectivity index (χ1) is 13.9. The van der Waals surface area contributed by atoms with Gasteiger partial charge in [-0.15, -0.1) is 0 Å². The molecule has 2 aromatic carbocycles. The van der Waals surface area contributed by atoms with E-state index in [9.17, 15) is 9.59 Å². The zero-order valence-corrected chi connectivity index (χ0v) is 17.4. The van der Waals surface area contributed by atoms with Crippen LogP contribution in [-0.2, 0) is 10.3 Å². The molecule has 1 atom stereocenters. The first-order valence-electron chi connectivity index (χ1n) is 9.81. The van der Waals surface area contributed by atoms with Gasteiger partial charge in [-0.3, -0.25) is 9.69 Å². The van der Waals surface area contributed by atoms with Crippen molar-refractivity contribution in [1.29, 1.82) is 0 Å². The molecule has 6 nitrogen and oxygen atoms in total. The molecule has 0 saturated carbocycles. The summed E-state index contributed by atoms with van der Waals surface area (Å²) in [6, 6.07) is 15.0. The molecule has 2 heterocycles. The molecule has 2 aromatic rings. The summed E-state index contributed by atoms with van der Waals surface area (Å²) in [4.78, 5) is 31.4. The molecule has 152 valence electrons. The predicted molar refractivity (Wildman–Crippen MR) is 114 cm³/mol. The number of nitrogens with zero attached hydrogens (tertiary/aromatic N) is 3. The van der Waals surface area contributed by atoms with Crippen molar-refractivity contribution in [3.63, 3.8) is 0 Å². The van der Waals surface area contributed by atoms with E-state index in [-0.39, 0.29) is 11.9 Å². The normalized spacial score (nSPS) is 22.9. The van der Waals surface area contributed by atoms with E-state index in [1.807, 2.05) is 48.5 Å². The number of hydrogen-bond acceptors (Lipinski definition) is 4. The highest BCUT2D eigenvalue weighted by Gasteiger charge is 2.49. The van der Waals surface area contributed by atoms with Crippen LogP contribution in [0.25, 0.3) is 0 Å². The van der Waals surface area contributed by atoms with Crippen molar-refractivity contribution in [1.82, 2.24) is 15.1 Å². The number of piperazine rings is 1. The summed E-state index contributed by atoms with van der Waals surface area (Å²) in [6.07, 6.45) is 0. The van der Waals surface area contributed by atoms with Gasteiger partial charge in [0.1, 0.15) is 5.54 Å². The third-order valence-corrected chi connectivity index (χ3v) is 6.09. The van der Waals surface area contributed by atoms with Gasteiger partial charge < -0.3 is 10.2 Å². The Morgan fingerprint density at radius 3 is 2.41 bits per heavy atom. The average molecular weight is 413 g/mol. The minimum Gasteiger partial charge on any atom is -0.369 e. The van der Waals surface area contributed by atoms with E-state index in [2.05, 4.69) is 22.0 Å². The van der Waals surface area contributed by atoms with Crippen LogP contribution in [0.1, 0.15) is 18.1 Å². The summed E-state index contributed by atoms with van der Waals surface area (Å²) >= 11 is 6.16. The van der Waals surface area contributed by atoms with Crippen LogP contribution in [0, 0.1) is 6.92 Å². The first-order valence-corrected chi connectivity index (χ1v) is 10.2. The Bertz CT molecular complexity index is 928. The summed E-state index contributed by atoms with van der Waals surface area (Å²) in [6.45, 7) is 7.32. The summed E-state index contributed by atoms with van der Waals surface area (Å²) in [7, 11) is 0. The van der Waals surface area contributed by atoms with E-state index in [4.69, 9.17) is 11.6 Å². The lowest BCUT2D eigenvalue weighted by Gasteiger charge is -2.38. The SMILES string of the molecule is Cc1ccc(Cl)cc1N1CCN(CN2C(=O)N[C@](C)(c3ccccc3)C2=O)CC1. The number of urea groups is 1. The summed E-state index contributed by atoms with van der Waals surface area (Å²) in [5.74, 6) is -0.207. The lowest BCUT2D eigenvalue weighted by atomic mass is 9.92. The first kappa shape index (κ1) is 19.7. The smallest absolute Gasteiger partial charge is 0.326 e. The van der Waals surface area contributed by atoms with E-state index >= 15 is 0 Å². The Kier molecular flexibility index (Phi) is 5.23. The van der Waals surface area contributed by atoms with E-state index in [0.29, 0.717) is 6.67 Å². The number of amides is 3. The van der Waals surface area contributed by atoms with Crippen LogP contribution in [0.15, 0.2) is 48.5 Å². The second kappa shape index (κ2) is 7.69. The predicted octanol–water partition coefficient (Wildman–Crippen LogP) is 3.20. The fraction of sp³-hybridized carbons (Fsp3) is 0.364. The summed E-state index contributed by atoms with van der Waals surface area (Å²) in [5, 5.41) is 3.60. The molecular weight excluding hydrogens is 388 g/mol. The van der Waals surface area contributed by atoms with Crippen LogP contribution in [0.3, 0.4) is 0 Å². The number of nitrogens with one attached hydrogen (secondary N) is 1. The zero-order chi connectivity index (χ0) is 20.6. The van der Waals surface area contributed by atoms with Crippen molar-refractivity contribution in [2.45, 2.75) is 19.4 Å². The number of aryl methyl sites for hydroxylation is 1. The molecule has 2 fully saturated rings. The Morgan fingerprint density at radius 1 is 1.03 bits per heavy atom. The molecule has 7 heteroatoms. The topological polar surface area (TPSA) is 55.9 Å². The van der Waals surface area contributed by atoms with E-state index in [1.54, 1.807) is 6.92 Å². The van der Waals surface area contributed by atoms with Gasteiger partial charge >= 0.3 is 6.03 Å². The standard InChI is InChI=1S/C22H25ClN4O2/c1-16-8-9-18(23)14-19(16)26-12-10-25(11-13-26)15-27-20(28)22(2,24-21(27)29)17-6-4-3-5-7-17/h3-9,14H,10-13,15H2,1-2H3,(H,24,29)/t22-/m1/s1. The summed E-state index contributed by atoms with van der Waals surface area (Å²) in [5.41, 5.74) is 2.11. The quantitative estimate of drug-likeness (QED) is 0.783. The molecule has 0 aliphatic carbocycles. The molecule has 3 amide bonds. The van der Waals surface area contributed by atoms with Crippen molar-refractivity contribution >= 4 is 29.2 Å². The van der Waals surface area contributed by atoms with E-state index in [1.165, 1.54) is 10.5 Å². The minimum absolute atomic E-state index is 0.207. The Labute approximate surface area is 176 Å². The van der Waals surface area contributed by atoms with Gasteiger partial charge in [0.2, 0.25) is 0 Å². The van der Waals surface area contributed by atoms with Gasteiger partial charge in [0.15, 0.2) is 0 Å². The lowest BCUT2D eigenvalue weighted by molar-refractivity contribution is -0.132. The molecule has 0 radical (unpaired) electrons. The van der Waals surface area contributed by atoms with Crippen LogP contribution in [0.5, 0.6) is 0 Å². The molecule has 0 bridgehead atoms. The van der Waals surface area contributed by atoms with Gasteiger partial charge in [0, 0.05) is 36.9 Å². The van der Waals surface area contributed by atoms with Crippen LogP contribution in [0.4, 0.5) is 10.5 Å². The number of halogens is 1. The molecule has 1 N–H and O–H groups in total. The molecule has 2 saturated heterocycles. The molecular formula is C22H25ClN4O2. The van der Waals surface area contributed by atoms with Crippen molar-refractivity contribution in [3.05, 3.63) is 64.7 Å². The number of hydrogen-bond donors (Lipinski definition) is 1. The second-order valence-electron chi connectivity index (χ2n) is 7.83. The van der Waals surface area contributed by atoms with Gasteiger partial charge in [0.05, 0.1) is 6.67 Å². The minimum atomic E-state index is -1.02. The maximum Gasteiger partial charge on any atom is 0.326 e. The average Bonchev–Trinajstić information content (AvgIpc) is 2.95. The van der Waals surface area contributed by atoms with Crippen LogP contribution in [-0.4, -0.2) is 54.6 Å². The van der Waals surface area contributed by atoms with Crippen molar-refractivity contribution < 1.29 is 9.59 Å². The zero-order valence-electron chi connectivity index (χ0n) is 16.7. The third-order valence-electron chi connectivity index (χ3n) is 5.85. The number of benzene rings is 2. The highest BCUT2D eigenvalue weighted by molar-refractivity contribution is 6.30. The maximum absolute atomic E-state index is 13.1. The van der Waals surface area contributed by atoms with Crippen molar-refractivity contribution in [2.24, 2.45) is 0 Å². The van der Waals surface area contributed by atoms with Gasteiger partial charge in [-0.05, 0) is 37.1 Å². The van der Waals surface area contributed by atoms with Crippen LogP contribution < -0.4 is 10.2 Å². The number of carbonyl (C=O) groups is 2. The molecule has 2 aliphatic rings. The lowest BCUT2D eigenvalue weighted by Crippen LogP contribution is -2.51. The number of rotatable bonds is 4. The second-order valence-corrected chi connectivity index (χ2v) is 8.27. The third kappa shape index (κ3) is 3.70. The van der Waals surface area contributed by atoms with Crippen LogP contribution >= 0.6 is 11.6 Å². The monoisotopic (exact) mass is 412 g/mol. The fourth-order valence-electron chi connectivity index (χ4n) is 4.05. The van der Waals surface area contributed by atoms with Gasteiger partial charge in [-0.1, -0.05) is 48.0 Å². The maximum atomic E-state index is 13.1.